The normalized spacial score (nSPS) is 5.78. The molecule has 0 unspecified atom stereocenters. The molecule has 9 heavy (non-hydrogen) atoms. The fraction of sp³-hybridized carbons (Fsp3) is 0. The van der Waals surface area contributed by atoms with E-state index in [4.69, 9.17) is 28.7 Å². The summed E-state index contributed by atoms with van der Waals surface area (Å²) in [5.74, 6) is 0. The van der Waals surface area contributed by atoms with Gasteiger partial charge in [0.05, 0.1) is 0 Å². The van der Waals surface area contributed by atoms with Crippen molar-refractivity contribution < 1.29 is 46.1 Å². The summed E-state index contributed by atoms with van der Waals surface area (Å²) < 4.78 is 17.0. The Morgan fingerprint density at radius 1 is 0.778 bits per heavy atom. The SMILES string of the molecule is O=[P+]([O-])[O-].O=[P+]([O-])[O-].[Cr+4]. The second-order valence-corrected chi connectivity index (χ2v) is 1.34. The average Bonchev–Trinajstić information content (AvgIpc) is 1.25. The van der Waals surface area contributed by atoms with Crippen molar-refractivity contribution >= 4 is 16.5 Å². The predicted molar refractivity (Wildman–Crippen MR) is 15.2 cm³/mol. The summed E-state index contributed by atoms with van der Waals surface area (Å²) in [6.07, 6.45) is 0. The van der Waals surface area contributed by atoms with E-state index in [1.165, 1.54) is 0 Å². The minimum absolute atomic E-state index is 0. The maximum Gasteiger partial charge on any atom is 4.00 e. The Morgan fingerprint density at radius 3 is 0.778 bits per heavy atom. The molecule has 0 aliphatic rings. The van der Waals surface area contributed by atoms with Gasteiger partial charge in [0.2, 0.25) is 0 Å². The standard InChI is InChI=1S/Cr.2HO3P/c;2*1-4(2)3/h;2*(H,1,2,3)/q+4;;/p-2. The molecule has 0 aromatic rings. The minimum Gasteiger partial charge on any atom is -0.598 e. The molecule has 0 bridgehead atoms. The van der Waals surface area contributed by atoms with Crippen molar-refractivity contribution in [1.82, 2.24) is 0 Å². The zero-order valence-electron chi connectivity index (χ0n) is 3.75. The van der Waals surface area contributed by atoms with Gasteiger partial charge in [0.25, 0.3) is 16.5 Å². The summed E-state index contributed by atoms with van der Waals surface area (Å²) >= 11 is 0. The van der Waals surface area contributed by atoms with Gasteiger partial charge in [-0.25, -0.2) is 0 Å². The second kappa shape index (κ2) is 11.4. The van der Waals surface area contributed by atoms with Gasteiger partial charge >= 0.3 is 17.4 Å². The Hall–Kier alpha value is 0.572. The maximum absolute atomic E-state index is 8.48. The van der Waals surface area contributed by atoms with Crippen LogP contribution in [0.1, 0.15) is 0 Å². The third-order valence-corrected chi connectivity index (χ3v) is 0. The monoisotopic (exact) mass is 210 g/mol. The van der Waals surface area contributed by atoms with Crippen LogP contribution in [0.25, 0.3) is 0 Å². The summed E-state index contributed by atoms with van der Waals surface area (Å²) in [5, 5.41) is 0. The van der Waals surface area contributed by atoms with Crippen LogP contribution in [-0.2, 0) is 26.5 Å². The van der Waals surface area contributed by atoms with Crippen LogP contribution in [0.15, 0.2) is 0 Å². The van der Waals surface area contributed by atoms with Gasteiger partial charge in [-0.05, 0) is 0 Å². The molecule has 0 amide bonds. The van der Waals surface area contributed by atoms with Crippen molar-refractivity contribution in [2.24, 2.45) is 0 Å². The van der Waals surface area contributed by atoms with Crippen LogP contribution in [0.5, 0.6) is 0 Å². The van der Waals surface area contributed by atoms with Crippen LogP contribution in [0.3, 0.4) is 0 Å². The van der Waals surface area contributed by atoms with Gasteiger partial charge in [-0.3, -0.25) is 0 Å². The minimum atomic E-state index is -3.37. The molecule has 0 saturated heterocycles. The van der Waals surface area contributed by atoms with E-state index in [9.17, 15) is 0 Å². The van der Waals surface area contributed by atoms with Crippen molar-refractivity contribution in [1.29, 1.82) is 0 Å². The van der Waals surface area contributed by atoms with Crippen LogP contribution >= 0.6 is 16.5 Å². The first-order valence-corrected chi connectivity index (χ1v) is 3.29. The van der Waals surface area contributed by atoms with E-state index in [1.807, 2.05) is 0 Å². The molecule has 0 rings (SSSR count). The molecule has 0 heterocycles. The van der Waals surface area contributed by atoms with E-state index in [1.54, 1.807) is 0 Å². The first-order valence-electron chi connectivity index (χ1n) is 1.10. The first kappa shape index (κ1) is 16.3. The van der Waals surface area contributed by atoms with Crippen LogP contribution in [0.2, 0.25) is 0 Å². The average molecular weight is 210 g/mol. The summed E-state index contributed by atoms with van der Waals surface area (Å²) in [5.41, 5.74) is 0. The molecule has 0 aromatic heterocycles. The van der Waals surface area contributed by atoms with Crippen LogP contribution in [0.4, 0.5) is 0 Å². The zero-order valence-corrected chi connectivity index (χ0v) is 6.82. The molecular formula is CrO6P2+2. The van der Waals surface area contributed by atoms with E-state index < -0.39 is 16.5 Å². The van der Waals surface area contributed by atoms with Gasteiger partial charge in [-0.1, -0.05) is 9.13 Å². The summed E-state index contributed by atoms with van der Waals surface area (Å²) in [4.78, 5) is 33.9. The Kier molecular flexibility index (Phi) is 20.6. The predicted octanol–water partition coefficient (Wildman–Crippen LogP) is -3.27. The van der Waals surface area contributed by atoms with Crippen molar-refractivity contribution in [2.45, 2.75) is 0 Å². The molecule has 0 spiro atoms. The molecular weight excluding hydrogens is 210 g/mol. The van der Waals surface area contributed by atoms with Crippen LogP contribution in [-0.4, -0.2) is 0 Å². The van der Waals surface area contributed by atoms with Gasteiger partial charge in [-0.15, -0.1) is 0 Å². The first-order chi connectivity index (χ1) is 3.46. The molecule has 0 saturated carbocycles. The van der Waals surface area contributed by atoms with Crippen molar-refractivity contribution in [2.75, 3.05) is 0 Å². The van der Waals surface area contributed by atoms with Crippen LogP contribution < -0.4 is 19.6 Å². The molecule has 6 nitrogen and oxygen atoms in total. The second-order valence-electron chi connectivity index (χ2n) is 0.447. The van der Waals surface area contributed by atoms with Gasteiger partial charge in [-0.2, -0.15) is 0 Å². The van der Waals surface area contributed by atoms with Crippen molar-refractivity contribution in [3.63, 3.8) is 0 Å². The largest absolute Gasteiger partial charge is 4.00 e. The summed E-state index contributed by atoms with van der Waals surface area (Å²) in [7, 11) is -6.74. The van der Waals surface area contributed by atoms with E-state index >= 15 is 0 Å². The molecule has 0 radical (unpaired) electrons. The smallest absolute Gasteiger partial charge is 0.598 e. The molecule has 9 heteroatoms. The van der Waals surface area contributed by atoms with Gasteiger partial charge in [0.1, 0.15) is 0 Å². The van der Waals surface area contributed by atoms with Crippen molar-refractivity contribution in [3.8, 4) is 0 Å². The summed E-state index contributed by atoms with van der Waals surface area (Å²) in [6, 6.07) is 0. The molecule has 0 fully saturated rings. The van der Waals surface area contributed by atoms with E-state index in [-0.39, 0.29) is 17.4 Å². The molecule has 0 atom stereocenters. The van der Waals surface area contributed by atoms with Crippen LogP contribution in [0, 0.1) is 0 Å². The topological polar surface area (TPSA) is 126 Å². The number of hydrogen-bond donors (Lipinski definition) is 0. The molecule has 0 aliphatic heterocycles. The van der Waals surface area contributed by atoms with Gasteiger partial charge in [0.15, 0.2) is 0 Å². The quantitative estimate of drug-likeness (QED) is 0.386. The molecule has 50 valence electrons. The number of hydrogen-bond acceptors (Lipinski definition) is 6. The van der Waals surface area contributed by atoms with E-state index in [2.05, 4.69) is 0 Å². The number of rotatable bonds is 0. The fourth-order valence-corrected chi connectivity index (χ4v) is 0. The molecule has 0 aliphatic carbocycles. The van der Waals surface area contributed by atoms with Gasteiger partial charge in [0, 0.05) is 0 Å². The zero-order chi connectivity index (χ0) is 7.15. The van der Waals surface area contributed by atoms with E-state index in [0.29, 0.717) is 0 Å². The van der Waals surface area contributed by atoms with Crippen molar-refractivity contribution in [3.05, 3.63) is 0 Å². The Bertz CT molecular complexity index is 69.1. The Morgan fingerprint density at radius 2 is 0.778 bits per heavy atom. The molecule has 0 N–H and O–H groups in total. The van der Waals surface area contributed by atoms with E-state index in [0.717, 1.165) is 0 Å². The third kappa shape index (κ3) is 1130. The van der Waals surface area contributed by atoms with Gasteiger partial charge < -0.3 is 19.6 Å². The summed E-state index contributed by atoms with van der Waals surface area (Å²) in [6.45, 7) is 0. The molecule has 0 aromatic carbocycles. The Labute approximate surface area is 63.2 Å². The maximum atomic E-state index is 8.48. The fourth-order valence-electron chi connectivity index (χ4n) is 0. The Balaban J connectivity index is -0.0000000720. The third-order valence-electron chi connectivity index (χ3n) is 0.